The Morgan fingerprint density at radius 3 is 2.79 bits per heavy atom. The summed E-state index contributed by atoms with van der Waals surface area (Å²) in [7, 11) is 0. The van der Waals surface area contributed by atoms with Crippen molar-refractivity contribution in [2.45, 2.75) is 57.3 Å². The number of benzene rings is 1. The van der Waals surface area contributed by atoms with Gasteiger partial charge in [-0.1, -0.05) is 24.6 Å². The van der Waals surface area contributed by atoms with Gasteiger partial charge in [0.2, 0.25) is 11.8 Å². The number of piperidine rings is 2. The van der Waals surface area contributed by atoms with Crippen LogP contribution in [0.25, 0.3) is 0 Å². The molecule has 1 aromatic carbocycles. The highest BCUT2D eigenvalue weighted by Crippen LogP contribution is 2.38. The van der Waals surface area contributed by atoms with Gasteiger partial charge in [-0.2, -0.15) is 0 Å². The van der Waals surface area contributed by atoms with Crippen LogP contribution in [0.5, 0.6) is 0 Å². The van der Waals surface area contributed by atoms with Crippen LogP contribution in [0.4, 0.5) is 0 Å². The highest BCUT2D eigenvalue weighted by atomic mass is 16.2. The Morgan fingerprint density at radius 2 is 1.97 bits per heavy atom. The van der Waals surface area contributed by atoms with Crippen LogP contribution < -0.4 is 11.1 Å². The number of nitrogens with one attached hydrogen (secondary N) is 1. The molecular formula is C22H28N4O3. The minimum atomic E-state index is -0.567. The summed E-state index contributed by atoms with van der Waals surface area (Å²) >= 11 is 0. The van der Waals surface area contributed by atoms with Crippen LogP contribution in [0, 0.1) is 11.8 Å². The van der Waals surface area contributed by atoms with Gasteiger partial charge in [0.05, 0.1) is 0 Å². The maximum absolute atomic E-state index is 13.3. The van der Waals surface area contributed by atoms with Crippen molar-refractivity contribution in [2.75, 3.05) is 13.1 Å². The van der Waals surface area contributed by atoms with Gasteiger partial charge in [-0.3, -0.25) is 24.6 Å². The highest BCUT2D eigenvalue weighted by Gasteiger charge is 2.41. The Labute approximate surface area is 170 Å². The van der Waals surface area contributed by atoms with Crippen LogP contribution in [-0.2, 0) is 22.7 Å². The molecule has 154 valence electrons. The minimum Gasteiger partial charge on any atom is -0.326 e. The molecule has 5 rings (SSSR count). The lowest BCUT2D eigenvalue weighted by Crippen LogP contribution is -2.52. The summed E-state index contributed by atoms with van der Waals surface area (Å²) in [6.07, 6.45) is 4.45. The van der Waals surface area contributed by atoms with E-state index in [1.807, 2.05) is 18.2 Å². The molecular weight excluding hydrogens is 368 g/mol. The molecule has 1 aliphatic carbocycles. The molecule has 2 saturated heterocycles. The van der Waals surface area contributed by atoms with Crippen molar-refractivity contribution in [2.24, 2.45) is 17.6 Å². The van der Waals surface area contributed by atoms with E-state index in [9.17, 15) is 14.4 Å². The molecule has 3 fully saturated rings. The zero-order valence-electron chi connectivity index (χ0n) is 16.6. The van der Waals surface area contributed by atoms with Crippen molar-refractivity contribution >= 4 is 17.7 Å². The van der Waals surface area contributed by atoms with E-state index in [-0.39, 0.29) is 30.2 Å². The van der Waals surface area contributed by atoms with Crippen LogP contribution in [0.2, 0.25) is 0 Å². The van der Waals surface area contributed by atoms with Gasteiger partial charge >= 0.3 is 0 Å². The Hall–Kier alpha value is -2.25. The lowest BCUT2D eigenvalue weighted by atomic mass is 9.85. The molecule has 3 N–H and O–H groups in total. The summed E-state index contributed by atoms with van der Waals surface area (Å²) in [6.45, 7) is 3.07. The van der Waals surface area contributed by atoms with Gasteiger partial charge in [-0.25, -0.2) is 0 Å². The summed E-state index contributed by atoms with van der Waals surface area (Å²) in [6, 6.07) is 5.64. The van der Waals surface area contributed by atoms with Gasteiger partial charge in [0.1, 0.15) is 6.04 Å². The van der Waals surface area contributed by atoms with Gasteiger partial charge in [0.25, 0.3) is 5.91 Å². The summed E-state index contributed by atoms with van der Waals surface area (Å²) in [5.41, 5.74) is 9.19. The number of nitrogens with zero attached hydrogens (tertiary/aromatic N) is 2. The Bertz CT molecular complexity index is 870. The Kier molecular flexibility index (Phi) is 4.67. The van der Waals surface area contributed by atoms with E-state index in [0.29, 0.717) is 24.8 Å². The third-order valence-corrected chi connectivity index (χ3v) is 7.26. The summed E-state index contributed by atoms with van der Waals surface area (Å²) in [5, 5.41) is 2.37. The van der Waals surface area contributed by atoms with Gasteiger partial charge in [-0.05, 0) is 42.2 Å². The van der Waals surface area contributed by atoms with Crippen molar-refractivity contribution < 1.29 is 14.4 Å². The quantitative estimate of drug-likeness (QED) is 0.744. The molecule has 0 spiro atoms. The molecule has 3 aliphatic heterocycles. The Balaban J connectivity index is 1.35. The zero-order chi connectivity index (χ0) is 20.1. The fourth-order valence-corrected chi connectivity index (χ4v) is 5.89. The molecule has 1 saturated carbocycles. The van der Waals surface area contributed by atoms with Crippen molar-refractivity contribution in [3.8, 4) is 0 Å². The average molecular weight is 396 g/mol. The average Bonchev–Trinajstić information content (AvgIpc) is 3.28. The first kappa shape index (κ1) is 18.8. The first-order valence-corrected chi connectivity index (χ1v) is 10.7. The number of carbonyl (C=O) groups excluding carboxylic acids is 3. The number of fused-ring (bicyclic) bond motifs is 2. The second-order valence-corrected chi connectivity index (χ2v) is 9.06. The fourth-order valence-electron chi connectivity index (χ4n) is 5.89. The second kappa shape index (κ2) is 7.22. The van der Waals surface area contributed by atoms with E-state index in [1.54, 1.807) is 4.90 Å². The van der Waals surface area contributed by atoms with E-state index < -0.39 is 6.04 Å². The smallest absolute Gasteiger partial charge is 0.255 e. The van der Waals surface area contributed by atoms with Crippen LogP contribution in [0.3, 0.4) is 0 Å². The summed E-state index contributed by atoms with van der Waals surface area (Å²) in [5.74, 6) is 0.606. The molecule has 7 nitrogen and oxygen atoms in total. The zero-order valence-corrected chi connectivity index (χ0v) is 16.6. The molecule has 1 aromatic rings. The van der Waals surface area contributed by atoms with E-state index >= 15 is 0 Å². The molecule has 4 atom stereocenters. The number of amides is 3. The van der Waals surface area contributed by atoms with E-state index in [4.69, 9.17) is 5.73 Å². The predicted octanol–water partition coefficient (Wildman–Crippen LogP) is 1.01. The topological polar surface area (TPSA) is 95.7 Å². The number of hydrogen-bond donors (Lipinski definition) is 2. The molecule has 0 radical (unpaired) electrons. The van der Waals surface area contributed by atoms with Crippen LogP contribution in [0.15, 0.2) is 18.2 Å². The first-order valence-electron chi connectivity index (χ1n) is 10.7. The highest BCUT2D eigenvalue weighted by molar-refractivity contribution is 6.05. The van der Waals surface area contributed by atoms with Crippen LogP contribution in [0.1, 0.15) is 53.6 Å². The van der Waals surface area contributed by atoms with Crippen LogP contribution >= 0.6 is 0 Å². The monoisotopic (exact) mass is 396 g/mol. The number of likely N-dealkylation sites (tertiary alicyclic amines) is 1. The fraction of sp³-hybridized carbons (Fsp3) is 0.591. The molecule has 0 aromatic heterocycles. The van der Waals surface area contributed by atoms with Crippen molar-refractivity contribution in [1.29, 1.82) is 0 Å². The van der Waals surface area contributed by atoms with E-state index in [2.05, 4.69) is 10.2 Å². The number of nitrogens with two attached hydrogens (primary N) is 1. The van der Waals surface area contributed by atoms with Gasteiger partial charge in [-0.15, -0.1) is 0 Å². The summed E-state index contributed by atoms with van der Waals surface area (Å²) in [4.78, 5) is 41.0. The van der Waals surface area contributed by atoms with E-state index in [1.165, 1.54) is 19.3 Å². The third kappa shape index (κ3) is 3.26. The second-order valence-electron chi connectivity index (χ2n) is 9.06. The molecule has 29 heavy (non-hydrogen) atoms. The first-order chi connectivity index (χ1) is 14.0. The standard InChI is InChI=1S/C22H28N4O3/c23-17-12-25(9-13-3-2-6-16(13)17)10-14-4-1-5-15-11-26(22(29)20(14)15)18-7-8-19(27)24-21(18)28/h1,4-5,13,16-18H,2-3,6-12,23H2,(H,24,27,28)/t13-,16-,17+,18?/m0/s1. The molecule has 1 unspecified atom stereocenters. The van der Waals surface area contributed by atoms with Crippen molar-refractivity contribution in [3.63, 3.8) is 0 Å². The number of carbonyl (C=O) groups is 3. The lowest BCUT2D eigenvalue weighted by molar-refractivity contribution is -0.136. The number of hydrogen-bond acceptors (Lipinski definition) is 5. The molecule has 3 amide bonds. The van der Waals surface area contributed by atoms with Crippen molar-refractivity contribution in [3.05, 3.63) is 34.9 Å². The molecule has 4 aliphatic rings. The normalized spacial score (nSPS) is 32.3. The SMILES string of the molecule is N[C@@H]1CN(Cc2cccc3c2C(=O)N(C2CCC(=O)NC2=O)C3)C[C@@H]2CCC[C@@H]21. The maximum Gasteiger partial charge on any atom is 0.255 e. The molecule has 0 bridgehead atoms. The maximum atomic E-state index is 13.3. The lowest BCUT2D eigenvalue weighted by Gasteiger charge is -2.39. The number of rotatable bonds is 3. The van der Waals surface area contributed by atoms with Crippen LogP contribution in [-0.4, -0.2) is 52.7 Å². The van der Waals surface area contributed by atoms with E-state index in [0.717, 1.165) is 36.3 Å². The van der Waals surface area contributed by atoms with Crippen molar-refractivity contribution in [1.82, 2.24) is 15.1 Å². The predicted molar refractivity (Wildman–Crippen MR) is 107 cm³/mol. The summed E-state index contributed by atoms with van der Waals surface area (Å²) < 4.78 is 0. The number of imide groups is 1. The van der Waals surface area contributed by atoms with Gasteiger partial charge < -0.3 is 10.6 Å². The third-order valence-electron chi connectivity index (χ3n) is 7.26. The van der Waals surface area contributed by atoms with Gasteiger partial charge in [0, 0.05) is 44.2 Å². The Morgan fingerprint density at radius 1 is 1.10 bits per heavy atom. The minimum absolute atomic E-state index is 0.0925. The molecule has 7 heteroatoms. The molecule has 3 heterocycles. The van der Waals surface area contributed by atoms with Gasteiger partial charge in [0.15, 0.2) is 0 Å². The largest absolute Gasteiger partial charge is 0.326 e.